The molecule has 0 radical (unpaired) electrons. The van der Waals surface area contributed by atoms with Crippen molar-refractivity contribution in [3.63, 3.8) is 0 Å². The average molecular weight is 265 g/mol. The second kappa shape index (κ2) is 4.37. The molecule has 0 bridgehead atoms. The predicted molar refractivity (Wildman–Crippen MR) is 79.7 cm³/mol. The van der Waals surface area contributed by atoms with Crippen molar-refractivity contribution in [2.75, 3.05) is 5.32 Å². The molecule has 0 unspecified atom stereocenters. The van der Waals surface area contributed by atoms with E-state index in [9.17, 15) is 4.79 Å². The Morgan fingerprint density at radius 3 is 2.65 bits per heavy atom. The van der Waals surface area contributed by atoms with Gasteiger partial charge in [-0.2, -0.15) is 0 Å². The van der Waals surface area contributed by atoms with Gasteiger partial charge in [0.1, 0.15) is 11.2 Å². The van der Waals surface area contributed by atoms with E-state index < -0.39 is 0 Å². The number of hydrogen-bond acceptors (Lipinski definition) is 2. The van der Waals surface area contributed by atoms with Gasteiger partial charge in [-0.05, 0) is 37.1 Å². The second-order valence-electron chi connectivity index (χ2n) is 5.43. The van der Waals surface area contributed by atoms with Crippen LogP contribution in [0.1, 0.15) is 19.3 Å². The Hall–Kier alpha value is -2.29. The molecule has 3 aromatic rings. The minimum atomic E-state index is 0.142. The molecule has 3 nitrogen and oxygen atoms in total. The summed E-state index contributed by atoms with van der Waals surface area (Å²) in [5, 5.41) is 5.14. The van der Waals surface area contributed by atoms with Crippen LogP contribution in [0.5, 0.6) is 0 Å². The minimum Gasteiger partial charge on any atom is -0.456 e. The normalized spacial score (nSPS) is 15.4. The molecule has 1 N–H and O–H groups in total. The summed E-state index contributed by atoms with van der Waals surface area (Å²) in [4.78, 5) is 12.0. The fraction of sp³-hybridized carbons (Fsp3) is 0.235. The summed E-state index contributed by atoms with van der Waals surface area (Å²) in [6.07, 6.45) is 3.20. The van der Waals surface area contributed by atoms with Crippen LogP contribution in [0.25, 0.3) is 21.9 Å². The molecule has 100 valence electrons. The van der Waals surface area contributed by atoms with Gasteiger partial charge in [0.05, 0.1) is 0 Å². The third kappa shape index (κ3) is 1.78. The third-order valence-corrected chi connectivity index (χ3v) is 4.12. The zero-order chi connectivity index (χ0) is 13.5. The lowest BCUT2D eigenvalue weighted by Gasteiger charge is -2.24. The summed E-state index contributed by atoms with van der Waals surface area (Å²) in [6.45, 7) is 0. The Balaban J connectivity index is 1.73. The van der Waals surface area contributed by atoms with Crippen LogP contribution in [0, 0.1) is 5.92 Å². The highest BCUT2D eigenvalue weighted by molar-refractivity contribution is 6.07. The van der Waals surface area contributed by atoms with Gasteiger partial charge in [0, 0.05) is 22.4 Å². The summed E-state index contributed by atoms with van der Waals surface area (Å²) in [7, 11) is 0. The Morgan fingerprint density at radius 2 is 1.85 bits per heavy atom. The van der Waals surface area contributed by atoms with Gasteiger partial charge in [-0.1, -0.05) is 24.6 Å². The lowest BCUT2D eigenvalue weighted by molar-refractivity contribution is -0.122. The van der Waals surface area contributed by atoms with Gasteiger partial charge in [-0.25, -0.2) is 0 Å². The van der Waals surface area contributed by atoms with Crippen molar-refractivity contribution in [2.24, 2.45) is 5.92 Å². The number of carbonyl (C=O) groups is 1. The summed E-state index contributed by atoms with van der Waals surface area (Å²) in [6, 6.07) is 13.8. The summed E-state index contributed by atoms with van der Waals surface area (Å²) in [5.74, 6) is 0.343. The van der Waals surface area contributed by atoms with Crippen LogP contribution in [-0.2, 0) is 4.79 Å². The Morgan fingerprint density at radius 1 is 1.05 bits per heavy atom. The quantitative estimate of drug-likeness (QED) is 0.749. The molecule has 0 saturated heterocycles. The van der Waals surface area contributed by atoms with Crippen molar-refractivity contribution in [3.05, 3.63) is 42.5 Å². The Kier molecular flexibility index (Phi) is 2.52. The van der Waals surface area contributed by atoms with Gasteiger partial charge in [0.25, 0.3) is 0 Å². The molecule has 1 aliphatic carbocycles. The van der Waals surface area contributed by atoms with Crippen LogP contribution >= 0.6 is 0 Å². The number of benzene rings is 2. The van der Waals surface area contributed by atoms with E-state index >= 15 is 0 Å². The maximum atomic E-state index is 12.0. The van der Waals surface area contributed by atoms with Crippen molar-refractivity contribution >= 4 is 33.5 Å². The van der Waals surface area contributed by atoms with Gasteiger partial charge in [0.15, 0.2) is 0 Å². The predicted octanol–water partition coefficient (Wildman–Crippen LogP) is 4.32. The Bertz CT molecular complexity index is 799. The maximum Gasteiger partial charge on any atom is 0.227 e. The molecule has 1 aliphatic rings. The molecule has 0 atom stereocenters. The number of nitrogens with one attached hydrogen (secondary N) is 1. The average Bonchev–Trinajstić information content (AvgIpc) is 2.75. The molecule has 3 heteroatoms. The molecule has 4 rings (SSSR count). The fourth-order valence-corrected chi connectivity index (χ4v) is 2.72. The summed E-state index contributed by atoms with van der Waals surface area (Å²) in [5.41, 5.74) is 2.58. The van der Waals surface area contributed by atoms with Crippen molar-refractivity contribution in [3.8, 4) is 0 Å². The zero-order valence-electron chi connectivity index (χ0n) is 11.1. The van der Waals surface area contributed by atoms with E-state index in [0.29, 0.717) is 0 Å². The van der Waals surface area contributed by atoms with Crippen molar-refractivity contribution in [2.45, 2.75) is 19.3 Å². The maximum absolute atomic E-state index is 12.0. The molecular formula is C17H15NO2. The first kappa shape index (κ1) is 11.5. The van der Waals surface area contributed by atoms with Crippen molar-refractivity contribution < 1.29 is 9.21 Å². The van der Waals surface area contributed by atoms with Gasteiger partial charge in [0.2, 0.25) is 5.91 Å². The number of hydrogen-bond donors (Lipinski definition) is 1. The van der Waals surface area contributed by atoms with Crippen LogP contribution < -0.4 is 5.32 Å². The standard InChI is InChI=1S/C17H15NO2/c19-17(11-4-3-5-11)18-12-8-9-16-14(10-12)13-6-1-2-7-15(13)20-16/h1-2,6-11H,3-5H2,(H,18,19). The smallest absolute Gasteiger partial charge is 0.227 e. The number of furan rings is 1. The van der Waals surface area contributed by atoms with E-state index in [2.05, 4.69) is 5.32 Å². The lowest BCUT2D eigenvalue weighted by atomic mass is 9.85. The van der Waals surface area contributed by atoms with Crippen molar-refractivity contribution in [1.29, 1.82) is 0 Å². The molecule has 0 aliphatic heterocycles. The number of amides is 1. The van der Waals surface area contributed by atoms with Crippen LogP contribution in [0.3, 0.4) is 0 Å². The summed E-state index contributed by atoms with van der Waals surface area (Å²) < 4.78 is 5.78. The van der Waals surface area contributed by atoms with Gasteiger partial charge < -0.3 is 9.73 Å². The van der Waals surface area contributed by atoms with Crippen LogP contribution in [-0.4, -0.2) is 5.91 Å². The lowest BCUT2D eigenvalue weighted by Crippen LogP contribution is -2.27. The minimum absolute atomic E-state index is 0.142. The molecule has 0 spiro atoms. The Labute approximate surface area is 116 Å². The van der Waals surface area contributed by atoms with E-state index in [-0.39, 0.29) is 11.8 Å². The van der Waals surface area contributed by atoms with E-state index in [1.54, 1.807) is 0 Å². The van der Waals surface area contributed by atoms with Gasteiger partial charge in [-0.3, -0.25) is 4.79 Å². The topological polar surface area (TPSA) is 42.2 Å². The number of carbonyl (C=O) groups excluding carboxylic acids is 1. The van der Waals surface area contributed by atoms with Crippen LogP contribution in [0.15, 0.2) is 46.9 Å². The van der Waals surface area contributed by atoms with E-state index in [4.69, 9.17) is 4.42 Å². The number of fused-ring (bicyclic) bond motifs is 3. The molecular weight excluding hydrogens is 250 g/mol. The SMILES string of the molecule is O=C(Nc1ccc2oc3ccccc3c2c1)C1CCC1. The first-order valence-corrected chi connectivity index (χ1v) is 7.03. The van der Waals surface area contributed by atoms with Crippen molar-refractivity contribution in [1.82, 2.24) is 0 Å². The van der Waals surface area contributed by atoms with Gasteiger partial charge >= 0.3 is 0 Å². The molecule has 1 saturated carbocycles. The monoisotopic (exact) mass is 265 g/mol. The summed E-state index contributed by atoms with van der Waals surface area (Å²) >= 11 is 0. The van der Waals surface area contributed by atoms with E-state index in [1.165, 1.54) is 6.42 Å². The largest absolute Gasteiger partial charge is 0.456 e. The molecule has 1 amide bonds. The fourth-order valence-electron chi connectivity index (χ4n) is 2.72. The first-order chi connectivity index (χ1) is 9.81. The molecule has 1 aromatic heterocycles. The zero-order valence-corrected chi connectivity index (χ0v) is 11.1. The molecule has 1 fully saturated rings. The number of rotatable bonds is 2. The number of para-hydroxylation sites is 1. The molecule has 20 heavy (non-hydrogen) atoms. The highest BCUT2D eigenvalue weighted by Crippen LogP contribution is 2.32. The highest BCUT2D eigenvalue weighted by atomic mass is 16.3. The third-order valence-electron chi connectivity index (χ3n) is 4.12. The number of anilines is 1. The molecule has 1 heterocycles. The van der Waals surface area contributed by atoms with E-state index in [1.807, 2.05) is 42.5 Å². The van der Waals surface area contributed by atoms with E-state index in [0.717, 1.165) is 40.5 Å². The molecule has 2 aromatic carbocycles. The highest BCUT2D eigenvalue weighted by Gasteiger charge is 2.25. The van der Waals surface area contributed by atoms with Crippen LogP contribution in [0.2, 0.25) is 0 Å². The van der Waals surface area contributed by atoms with Crippen LogP contribution in [0.4, 0.5) is 5.69 Å². The second-order valence-corrected chi connectivity index (χ2v) is 5.43. The first-order valence-electron chi connectivity index (χ1n) is 7.03. The van der Waals surface area contributed by atoms with Gasteiger partial charge in [-0.15, -0.1) is 0 Å².